The summed E-state index contributed by atoms with van der Waals surface area (Å²) in [6, 6.07) is 5.42. The van der Waals surface area contributed by atoms with E-state index in [9.17, 15) is 9.59 Å². The summed E-state index contributed by atoms with van der Waals surface area (Å²) in [6.07, 6.45) is 3.41. The third-order valence-electron chi connectivity index (χ3n) is 5.37. The van der Waals surface area contributed by atoms with Gasteiger partial charge >= 0.3 is 12.0 Å². The second kappa shape index (κ2) is 9.84. The fourth-order valence-corrected chi connectivity index (χ4v) is 3.72. The van der Waals surface area contributed by atoms with Gasteiger partial charge in [0.1, 0.15) is 5.60 Å². The molecular formula is C25H37ClN2O4. The predicted octanol–water partition coefficient (Wildman–Crippen LogP) is 5.43. The number of nitrogens with zero attached hydrogens (tertiary/aromatic N) is 1. The monoisotopic (exact) mass is 464 g/mol. The van der Waals surface area contributed by atoms with Gasteiger partial charge in [0.2, 0.25) is 0 Å². The van der Waals surface area contributed by atoms with Crippen molar-refractivity contribution >= 4 is 23.6 Å². The number of hydrogen-bond donors (Lipinski definition) is 1. The third-order valence-corrected chi connectivity index (χ3v) is 5.72. The van der Waals surface area contributed by atoms with Gasteiger partial charge in [-0.15, -0.1) is 0 Å². The number of nitrogens with one attached hydrogen (secondary N) is 1. The number of halogens is 1. The normalized spacial score (nSPS) is 19.5. The molecule has 178 valence electrons. The largest absolute Gasteiger partial charge is 0.456 e. The van der Waals surface area contributed by atoms with Crippen LogP contribution in [0.3, 0.4) is 0 Å². The summed E-state index contributed by atoms with van der Waals surface area (Å²) < 4.78 is 10.8. The number of benzene rings is 1. The summed E-state index contributed by atoms with van der Waals surface area (Å²) in [5, 5.41) is 3.61. The minimum atomic E-state index is -1.09. The Morgan fingerprint density at radius 1 is 1.19 bits per heavy atom. The topological polar surface area (TPSA) is 67.9 Å². The molecule has 0 aromatic heterocycles. The van der Waals surface area contributed by atoms with Gasteiger partial charge in [-0.25, -0.2) is 9.59 Å². The summed E-state index contributed by atoms with van der Waals surface area (Å²) in [4.78, 5) is 27.4. The van der Waals surface area contributed by atoms with E-state index in [4.69, 9.17) is 21.1 Å². The minimum absolute atomic E-state index is 0.198. The lowest BCUT2D eigenvalue weighted by molar-refractivity contribution is -0.151. The van der Waals surface area contributed by atoms with Gasteiger partial charge in [-0.2, -0.15) is 0 Å². The van der Waals surface area contributed by atoms with Crippen LogP contribution in [0.4, 0.5) is 4.79 Å². The van der Waals surface area contributed by atoms with Crippen molar-refractivity contribution in [1.29, 1.82) is 0 Å². The zero-order valence-corrected chi connectivity index (χ0v) is 21.4. The predicted molar refractivity (Wildman–Crippen MR) is 128 cm³/mol. The smallest absolute Gasteiger partial charge is 0.338 e. The molecule has 0 saturated heterocycles. The Morgan fingerprint density at radius 3 is 2.38 bits per heavy atom. The molecule has 7 heteroatoms. The Kier molecular flexibility index (Phi) is 8.05. The van der Waals surface area contributed by atoms with Crippen molar-refractivity contribution < 1.29 is 19.1 Å². The van der Waals surface area contributed by atoms with E-state index in [1.165, 1.54) is 4.90 Å². The van der Waals surface area contributed by atoms with Gasteiger partial charge in [0.25, 0.3) is 0 Å². The van der Waals surface area contributed by atoms with E-state index in [1.807, 2.05) is 39.0 Å². The van der Waals surface area contributed by atoms with E-state index >= 15 is 0 Å². The maximum absolute atomic E-state index is 13.2. The van der Waals surface area contributed by atoms with Gasteiger partial charge in [0.15, 0.2) is 0 Å². The molecule has 1 atom stereocenters. The van der Waals surface area contributed by atoms with Crippen molar-refractivity contribution in [3.63, 3.8) is 0 Å². The van der Waals surface area contributed by atoms with Crippen LogP contribution in [0.5, 0.6) is 0 Å². The molecule has 32 heavy (non-hydrogen) atoms. The molecule has 6 nitrogen and oxygen atoms in total. The van der Waals surface area contributed by atoms with Crippen LogP contribution in [0, 0.1) is 5.41 Å². The molecule has 1 aliphatic rings. The molecule has 0 unspecified atom stereocenters. The molecule has 0 spiro atoms. The first-order valence-electron chi connectivity index (χ1n) is 11.0. The lowest BCUT2D eigenvalue weighted by Crippen LogP contribution is -2.56. The van der Waals surface area contributed by atoms with E-state index in [0.29, 0.717) is 23.7 Å². The average molecular weight is 465 g/mol. The Morgan fingerprint density at radius 2 is 1.84 bits per heavy atom. The highest BCUT2D eigenvalue weighted by atomic mass is 35.5. The molecule has 0 radical (unpaired) electrons. The number of carbonyl (C=O) groups excluding carboxylic acids is 2. The molecule has 0 saturated carbocycles. The van der Waals surface area contributed by atoms with Gasteiger partial charge < -0.3 is 14.8 Å². The Balaban J connectivity index is 2.46. The first-order chi connectivity index (χ1) is 14.7. The van der Waals surface area contributed by atoms with Crippen molar-refractivity contribution in [3.05, 3.63) is 46.1 Å². The number of amides is 2. The Labute approximate surface area is 197 Å². The number of carbonyl (C=O) groups is 2. The van der Waals surface area contributed by atoms with Crippen LogP contribution >= 0.6 is 11.6 Å². The fraction of sp³-hybridized carbons (Fsp3) is 0.600. The number of urea groups is 1. The quantitative estimate of drug-likeness (QED) is 0.546. The number of ether oxygens (including phenoxy) is 2. The third kappa shape index (κ3) is 6.72. The van der Waals surface area contributed by atoms with Gasteiger partial charge in [-0.1, -0.05) is 44.5 Å². The summed E-state index contributed by atoms with van der Waals surface area (Å²) in [7, 11) is 1.56. The lowest BCUT2D eigenvalue weighted by Gasteiger charge is -2.40. The fourth-order valence-electron chi connectivity index (χ4n) is 3.44. The van der Waals surface area contributed by atoms with Gasteiger partial charge in [-0.3, -0.25) is 4.90 Å². The van der Waals surface area contributed by atoms with Crippen molar-refractivity contribution in [2.24, 2.45) is 5.41 Å². The highest BCUT2D eigenvalue weighted by Gasteiger charge is 2.43. The maximum Gasteiger partial charge on any atom is 0.338 e. The van der Waals surface area contributed by atoms with E-state index in [2.05, 4.69) is 26.1 Å². The Bertz CT molecular complexity index is 883. The minimum Gasteiger partial charge on any atom is -0.456 e. The van der Waals surface area contributed by atoms with Crippen LogP contribution in [-0.4, -0.2) is 42.8 Å². The van der Waals surface area contributed by atoms with E-state index < -0.39 is 17.1 Å². The summed E-state index contributed by atoms with van der Waals surface area (Å²) in [6.45, 7) is 14.5. The van der Waals surface area contributed by atoms with Gasteiger partial charge in [0, 0.05) is 18.3 Å². The maximum atomic E-state index is 13.2. The van der Waals surface area contributed by atoms with E-state index in [0.717, 1.165) is 24.0 Å². The molecule has 2 amide bonds. The molecule has 0 fully saturated rings. The molecule has 1 N–H and O–H groups in total. The van der Waals surface area contributed by atoms with Crippen molar-refractivity contribution in [2.75, 3.05) is 20.3 Å². The number of rotatable bonds is 7. The van der Waals surface area contributed by atoms with Crippen molar-refractivity contribution in [1.82, 2.24) is 10.2 Å². The molecule has 2 rings (SSSR count). The van der Waals surface area contributed by atoms with Crippen molar-refractivity contribution in [3.8, 4) is 0 Å². The molecule has 1 aromatic carbocycles. The van der Waals surface area contributed by atoms with E-state index in [1.54, 1.807) is 20.2 Å². The van der Waals surface area contributed by atoms with Crippen molar-refractivity contribution in [2.45, 2.75) is 72.4 Å². The van der Waals surface area contributed by atoms with Crippen LogP contribution in [0.1, 0.15) is 66.0 Å². The summed E-state index contributed by atoms with van der Waals surface area (Å²) >= 11 is 6.63. The van der Waals surface area contributed by atoms with Crippen LogP contribution < -0.4 is 5.32 Å². The van der Waals surface area contributed by atoms with Gasteiger partial charge in [0.05, 0.1) is 24.3 Å². The highest BCUT2D eigenvalue weighted by molar-refractivity contribution is 6.31. The number of aryl methyl sites for hydroxylation is 1. The van der Waals surface area contributed by atoms with Crippen LogP contribution in [-0.2, 0) is 26.2 Å². The number of hydrogen-bond acceptors (Lipinski definition) is 4. The van der Waals surface area contributed by atoms with Crippen LogP contribution in [0.2, 0.25) is 5.02 Å². The zero-order valence-electron chi connectivity index (χ0n) is 20.6. The molecular weight excluding hydrogens is 428 g/mol. The molecule has 1 aliphatic heterocycles. The summed E-state index contributed by atoms with van der Waals surface area (Å²) in [5.41, 5.74) is 0.534. The zero-order chi connectivity index (χ0) is 24.3. The first kappa shape index (κ1) is 26.2. The summed E-state index contributed by atoms with van der Waals surface area (Å²) in [5.74, 6) is -0.490. The lowest BCUT2D eigenvalue weighted by atomic mass is 9.82. The van der Waals surface area contributed by atoms with E-state index in [-0.39, 0.29) is 11.4 Å². The second-order valence-corrected chi connectivity index (χ2v) is 11.1. The number of methoxy groups -OCH3 is 1. The molecule has 1 aromatic rings. The van der Waals surface area contributed by atoms with Gasteiger partial charge in [-0.05, 0) is 63.1 Å². The SMILES string of the molecule is COCCN1C=C(C(=O)OC(C)(C)C)[C@](C)(c2ccc(CCC(C)(C)C)c(Cl)c2)NC1=O. The molecule has 0 bridgehead atoms. The highest BCUT2D eigenvalue weighted by Crippen LogP contribution is 2.37. The Hall–Kier alpha value is -2.05. The number of esters is 1. The molecule has 0 aliphatic carbocycles. The second-order valence-electron chi connectivity index (χ2n) is 10.7. The average Bonchev–Trinajstić information content (AvgIpc) is 2.64. The standard InChI is InChI=1S/C25H37ClN2O4/c1-23(2,3)12-11-17-9-10-18(15-20(17)26)25(7)19(21(29)32-24(4,5)6)16-28(13-14-31-8)22(30)27-25/h9-10,15-16H,11-14H2,1-8H3,(H,27,30)/t25-/m0/s1. The first-order valence-corrected chi connectivity index (χ1v) is 11.4. The van der Waals surface area contributed by atoms with Crippen LogP contribution in [0.15, 0.2) is 30.0 Å². The molecule has 1 heterocycles. The van der Waals surface area contributed by atoms with Crippen LogP contribution in [0.25, 0.3) is 0 Å².